The molecule has 1 atom stereocenters. The molecule has 1 N–H and O–H groups in total. The first-order chi connectivity index (χ1) is 8.52. The Morgan fingerprint density at radius 1 is 1.61 bits per heavy atom. The third-order valence-corrected chi connectivity index (χ3v) is 3.52. The van der Waals surface area contributed by atoms with Crippen molar-refractivity contribution in [2.24, 2.45) is 0 Å². The second kappa shape index (κ2) is 5.40. The fourth-order valence-corrected chi connectivity index (χ4v) is 2.61. The van der Waals surface area contributed by atoms with Crippen molar-refractivity contribution in [3.8, 4) is 5.88 Å². The number of alkyl halides is 1. The first-order valence-electron chi connectivity index (χ1n) is 5.76. The lowest BCUT2D eigenvalue weighted by Crippen LogP contribution is -2.56. The van der Waals surface area contributed by atoms with Gasteiger partial charge in [-0.3, -0.25) is 10.1 Å². The van der Waals surface area contributed by atoms with Crippen molar-refractivity contribution in [1.29, 1.82) is 0 Å². The van der Waals surface area contributed by atoms with E-state index in [-0.39, 0.29) is 9.45 Å². The van der Waals surface area contributed by atoms with E-state index in [0.717, 1.165) is 6.54 Å². The number of piperazine rings is 1. The van der Waals surface area contributed by atoms with Crippen LogP contribution in [0.5, 0.6) is 5.88 Å². The first kappa shape index (κ1) is 13.5. The monoisotopic (exact) mass is 361 g/mol. The Morgan fingerprint density at radius 2 is 2.39 bits per heavy atom. The topological polar surface area (TPSA) is 54.5 Å². The zero-order valence-corrected chi connectivity index (χ0v) is 12.6. The summed E-state index contributed by atoms with van der Waals surface area (Å²) in [5, 5.41) is 3.36. The van der Waals surface area contributed by atoms with Gasteiger partial charge in [-0.1, -0.05) is 28.7 Å². The van der Waals surface area contributed by atoms with Crippen LogP contribution in [-0.2, 0) is 0 Å². The van der Waals surface area contributed by atoms with Gasteiger partial charge in [-0.2, -0.15) is 0 Å². The van der Waals surface area contributed by atoms with E-state index in [1.807, 2.05) is 4.90 Å². The van der Waals surface area contributed by atoms with Gasteiger partial charge in [0.05, 0.1) is 10.7 Å². The number of methoxy groups -OCH3 is 1. The molecule has 98 valence electrons. The largest absolute Gasteiger partial charge is 0.481 e. The minimum atomic E-state index is -0.0788. The molecule has 5 nitrogen and oxygen atoms in total. The van der Waals surface area contributed by atoms with Crippen LogP contribution in [0.3, 0.4) is 0 Å². The zero-order chi connectivity index (χ0) is 13.2. The van der Waals surface area contributed by atoms with Gasteiger partial charge in [0.25, 0.3) is 5.91 Å². The van der Waals surface area contributed by atoms with Gasteiger partial charge < -0.3 is 9.64 Å². The van der Waals surface area contributed by atoms with Gasteiger partial charge in [-0.15, -0.1) is 0 Å². The molecule has 2 heterocycles. The molecule has 1 saturated heterocycles. The fourth-order valence-electron chi connectivity index (χ4n) is 1.93. The molecule has 0 bridgehead atoms. The van der Waals surface area contributed by atoms with E-state index in [2.05, 4.69) is 39.8 Å². The molecular weight excluding hydrogens is 345 g/mol. The van der Waals surface area contributed by atoms with E-state index >= 15 is 0 Å². The van der Waals surface area contributed by atoms with Crippen LogP contribution in [-0.4, -0.2) is 46.1 Å². The maximum absolute atomic E-state index is 12.3. The number of ether oxygens (including phenoxy) is 1. The maximum Gasteiger partial charge on any atom is 0.272 e. The molecule has 0 saturated carbocycles. The van der Waals surface area contributed by atoms with Crippen LogP contribution < -0.4 is 10.1 Å². The van der Waals surface area contributed by atoms with Crippen molar-refractivity contribution in [1.82, 2.24) is 15.2 Å². The zero-order valence-electron chi connectivity index (χ0n) is 10.4. The van der Waals surface area contributed by atoms with Crippen LogP contribution in [0.15, 0.2) is 18.2 Å². The molecule has 0 aromatic carbocycles. The number of aromatic nitrogens is 1. The smallest absolute Gasteiger partial charge is 0.272 e. The van der Waals surface area contributed by atoms with Crippen LogP contribution in [0, 0.1) is 0 Å². The van der Waals surface area contributed by atoms with E-state index in [1.54, 1.807) is 25.3 Å². The second-order valence-electron chi connectivity index (χ2n) is 4.42. The number of nitrogens with one attached hydrogen (secondary N) is 1. The van der Waals surface area contributed by atoms with Crippen LogP contribution in [0.4, 0.5) is 0 Å². The highest BCUT2D eigenvalue weighted by Gasteiger charge is 2.31. The van der Waals surface area contributed by atoms with Crippen LogP contribution in [0.1, 0.15) is 17.4 Å². The molecule has 1 fully saturated rings. The standard InChI is InChI=1S/C12H16IN3O2/c1-12(13)8-16(7-6-14-12)11(17)9-4-3-5-10(15-9)18-2/h3-5,14H,6-8H2,1-2H3. The molecule has 1 unspecified atom stereocenters. The minimum absolute atomic E-state index is 0.0432. The number of carbonyl (C=O) groups is 1. The second-order valence-corrected chi connectivity index (χ2v) is 6.80. The molecule has 1 aliphatic heterocycles. The van der Waals surface area contributed by atoms with E-state index < -0.39 is 0 Å². The number of amides is 1. The van der Waals surface area contributed by atoms with Gasteiger partial charge in [0.15, 0.2) is 0 Å². The summed E-state index contributed by atoms with van der Waals surface area (Å²) in [7, 11) is 1.54. The molecule has 18 heavy (non-hydrogen) atoms. The van der Waals surface area contributed by atoms with Crippen molar-refractivity contribution in [2.45, 2.75) is 10.5 Å². The Bertz CT molecular complexity index is 451. The first-order valence-corrected chi connectivity index (χ1v) is 6.84. The summed E-state index contributed by atoms with van der Waals surface area (Å²) in [5.41, 5.74) is 0.434. The predicted octanol–water partition coefficient (Wildman–Crippen LogP) is 1.29. The summed E-state index contributed by atoms with van der Waals surface area (Å²) in [6.45, 7) is 4.25. The van der Waals surface area contributed by atoms with Gasteiger partial charge >= 0.3 is 0 Å². The number of carbonyl (C=O) groups excluding carboxylic acids is 1. The van der Waals surface area contributed by atoms with Crippen molar-refractivity contribution in [2.75, 3.05) is 26.7 Å². The average molecular weight is 361 g/mol. The van der Waals surface area contributed by atoms with Crippen LogP contribution in [0.2, 0.25) is 0 Å². The number of pyridine rings is 1. The molecule has 0 radical (unpaired) electrons. The van der Waals surface area contributed by atoms with Gasteiger partial charge in [0.1, 0.15) is 5.69 Å². The Labute approximate surface area is 120 Å². The Balaban J connectivity index is 2.15. The van der Waals surface area contributed by atoms with Crippen molar-refractivity contribution in [3.63, 3.8) is 0 Å². The van der Waals surface area contributed by atoms with Gasteiger partial charge in [-0.05, 0) is 13.0 Å². The highest BCUT2D eigenvalue weighted by molar-refractivity contribution is 14.1. The molecule has 1 aromatic rings. The molecule has 2 rings (SSSR count). The molecule has 0 aliphatic carbocycles. The van der Waals surface area contributed by atoms with Gasteiger partial charge in [0, 0.05) is 25.7 Å². The van der Waals surface area contributed by atoms with Crippen molar-refractivity contribution < 1.29 is 9.53 Å². The lowest BCUT2D eigenvalue weighted by molar-refractivity contribution is 0.0695. The normalized spacial score (nSPS) is 23.8. The number of hydrogen-bond acceptors (Lipinski definition) is 4. The van der Waals surface area contributed by atoms with Crippen molar-refractivity contribution in [3.05, 3.63) is 23.9 Å². The quantitative estimate of drug-likeness (QED) is 0.490. The van der Waals surface area contributed by atoms with E-state index in [4.69, 9.17) is 4.74 Å². The number of nitrogens with zero attached hydrogens (tertiary/aromatic N) is 2. The average Bonchev–Trinajstić information content (AvgIpc) is 2.37. The number of rotatable bonds is 2. The Morgan fingerprint density at radius 3 is 3.06 bits per heavy atom. The Hall–Kier alpha value is -0.890. The highest BCUT2D eigenvalue weighted by Crippen LogP contribution is 2.20. The third-order valence-electron chi connectivity index (χ3n) is 2.80. The molecule has 6 heteroatoms. The molecule has 1 amide bonds. The summed E-state index contributed by atoms with van der Waals surface area (Å²) in [4.78, 5) is 18.3. The van der Waals surface area contributed by atoms with E-state index in [1.165, 1.54) is 0 Å². The van der Waals surface area contributed by atoms with Crippen LogP contribution >= 0.6 is 22.6 Å². The summed E-state index contributed by atoms with van der Waals surface area (Å²) >= 11 is 2.32. The third kappa shape index (κ3) is 3.11. The summed E-state index contributed by atoms with van der Waals surface area (Å²) in [5.74, 6) is 0.423. The summed E-state index contributed by atoms with van der Waals surface area (Å²) in [6.07, 6.45) is 0. The predicted molar refractivity (Wildman–Crippen MR) is 77.1 cm³/mol. The number of hydrogen-bond donors (Lipinski definition) is 1. The highest BCUT2D eigenvalue weighted by atomic mass is 127. The van der Waals surface area contributed by atoms with E-state index in [9.17, 15) is 4.79 Å². The lowest BCUT2D eigenvalue weighted by atomic mass is 10.2. The summed E-state index contributed by atoms with van der Waals surface area (Å²) < 4.78 is 4.96. The molecular formula is C12H16IN3O2. The van der Waals surface area contributed by atoms with Crippen molar-refractivity contribution >= 4 is 28.5 Å². The fraction of sp³-hybridized carbons (Fsp3) is 0.500. The SMILES string of the molecule is COc1cccc(C(=O)N2CCNC(C)(I)C2)n1. The lowest BCUT2D eigenvalue weighted by Gasteiger charge is -2.37. The maximum atomic E-state index is 12.3. The molecule has 0 spiro atoms. The summed E-state index contributed by atoms with van der Waals surface area (Å²) in [6, 6.07) is 5.24. The van der Waals surface area contributed by atoms with Gasteiger partial charge in [-0.25, -0.2) is 4.98 Å². The van der Waals surface area contributed by atoms with E-state index in [0.29, 0.717) is 24.7 Å². The number of halogens is 1. The minimum Gasteiger partial charge on any atom is -0.481 e. The van der Waals surface area contributed by atoms with Crippen LogP contribution in [0.25, 0.3) is 0 Å². The molecule has 1 aromatic heterocycles. The van der Waals surface area contributed by atoms with Gasteiger partial charge in [0.2, 0.25) is 5.88 Å². The molecule has 1 aliphatic rings. The Kier molecular flexibility index (Phi) is 4.06.